The van der Waals surface area contributed by atoms with Gasteiger partial charge in [0.05, 0.1) is 5.54 Å². The van der Waals surface area contributed by atoms with E-state index in [4.69, 9.17) is 5.73 Å². The lowest BCUT2D eigenvalue weighted by atomic mass is 9.76. The Kier molecular flexibility index (Phi) is 3.98. The third-order valence-corrected chi connectivity index (χ3v) is 4.81. The van der Waals surface area contributed by atoms with Crippen LogP contribution in [0.1, 0.15) is 51.0 Å². The topological polar surface area (TPSA) is 59.2 Å². The van der Waals surface area contributed by atoms with E-state index in [1.54, 1.807) is 12.4 Å². The number of amides is 1. The summed E-state index contributed by atoms with van der Waals surface area (Å²) in [5.41, 5.74) is 7.00. The van der Waals surface area contributed by atoms with Crippen LogP contribution in [-0.4, -0.2) is 27.4 Å². The van der Waals surface area contributed by atoms with Crippen molar-refractivity contribution in [3.05, 3.63) is 30.1 Å². The van der Waals surface area contributed by atoms with Gasteiger partial charge in [0.1, 0.15) is 0 Å². The molecule has 0 bridgehead atoms. The average Bonchev–Trinajstić information content (AvgIpc) is 3.29. The van der Waals surface area contributed by atoms with Crippen LogP contribution < -0.4 is 5.73 Å². The van der Waals surface area contributed by atoms with E-state index in [-0.39, 0.29) is 5.91 Å². The molecular weight excluding hydrogens is 262 g/mol. The van der Waals surface area contributed by atoms with E-state index >= 15 is 0 Å². The van der Waals surface area contributed by atoms with Crippen molar-refractivity contribution in [3.8, 4) is 0 Å². The van der Waals surface area contributed by atoms with Gasteiger partial charge in [0.2, 0.25) is 5.91 Å². The van der Waals surface area contributed by atoms with Crippen molar-refractivity contribution in [1.82, 2.24) is 9.88 Å². The fraction of sp³-hybridized carbons (Fsp3) is 0.647. The zero-order chi connectivity index (χ0) is 14.9. The molecule has 2 N–H and O–H groups in total. The standard InChI is InChI=1S/C17H25N3O/c1-13-3-2-8-17(18,11-13)16(21)20(15-4-5-15)12-14-6-9-19-10-7-14/h6-7,9-10,13,15H,2-5,8,11-12,18H2,1H3. The van der Waals surface area contributed by atoms with Gasteiger partial charge >= 0.3 is 0 Å². The van der Waals surface area contributed by atoms with Crippen molar-refractivity contribution in [2.45, 2.75) is 63.6 Å². The molecule has 1 aromatic heterocycles. The number of pyridine rings is 1. The molecule has 1 aromatic rings. The van der Waals surface area contributed by atoms with Crippen molar-refractivity contribution < 1.29 is 4.79 Å². The Balaban J connectivity index is 1.76. The second-order valence-electron chi connectivity index (χ2n) is 6.88. The molecular formula is C17H25N3O. The van der Waals surface area contributed by atoms with E-state index in [9.17, 15) is 4.79 Å². The van der Waals surface area contributed by atoms with Crippen LogP contribution >= 0.6 is 0 Å². The first-order valence-electron chi connectivity index (χ1n) is 8.07. The van der Waals surface area contributed by atoms with Crippen LogP contribution in [0.25, 0.3) is 0 Å². The Morgan fingerprint density at radius 2 is 2.10 bits per heavy atom. The van der Waals surface area contributed by atoms with Crippen molar-refractivity contribution in [3.63, 3.8) is 0 Å². The molecule has 0 aliphatic heterocycles. The summed E-state index contributed by atoms with van der Waals surface area (Å²) in [5, 5.41) is 0. The number of carbonyl (C=O) groups excluding carboxylic acids is 1. The van der Waals surface area contributed by atoms with Crippen LogP contribution in [0, 0.1) is 5.92 Å². The predicted molar refractivity (Wildman–Crippen MR) is 82.4 cm³/mol. The molecule has 114 valence electrons. The molecule has 1 heterocycles. The largest absolute Gasteiger partial charge is 0.334 e. The summed E-state index contributed by atoms with van der Waals surface area (Å²) in [7, 11) is 0. The minimum absolute atomic E-state index is 0.161. The molecule has 21 heavy (non-hydrogen) atoms. The third-order valence-electron chi connectivity index (χ3n) is 4.81. The van der Waals surface area contributed by atoms with Crippen LogP contribution in [0.4, 0.5) is 0 Å². The number of hydrogen-bond donors (Lipinski definition) is 1. The fourth-order valence-corrected chi connectivity index (χ4v) is 3.51. The highest BCUT2D eigenvalue weighted by molar-refractivity contribution is 5.86. The van der Waals surface area contributed by atoms with Gasteiger partial charge in [-0.2, -0.15) is 0 Å². The van der Waals surface area contributed by atoms with Crippen LogP contribution in [0.2, 0.25) is 0 Å². The summed E-state index contributed by atoms with van der Waals surface area (Å²) in [6, 6.07) is 4.35. The Hall–Kier alpha value is -1.42. The first-order chi connectivity index (χ1) is 10.1. The summed E-state index contributed by atoms with van der Waals surface area (Å²) < 4.78 is 0. The zero-order valence-electron chi connectivity index (χ0n) is 12.8. The van der Waals surface area contributed by atoms with Crippen LogP contribution in [0.3, 0.4) is 0 Å². The first-order valence-corrected chi connectivity index (χ1v) is 8.07. The van der Waals surface area contributed by atoms with Gasteiger partial charge in [-0.1, -0.05) is 19.8 Å². The van der Waals surface area contributed by atoms with Gasteiger partial charge in [-0.25, -0.2) is 0 Å². The summed E-state index contributed by atoms with van der Waals surface area (Å²) in [5.74, 6) is 0.711. The van der Waals surface area contributed by atoms with Crippen molar-refractivity contribution in [2.75, 3.05) is 0 Å². The molecule has 2 atom stereocenters. The highest BCUT2D eigenvalue weighted by Crippen LogP contribution is 2.36. The molecule has 2 unspecified atom stereocenters. The van der Waals surface area contributed by atoms with Crippen LogP contribution in [-0.2, 0) is 11.3 Å². The molecule has 2 aliphatic carbocycles. The van der Waals surface area contributed by atoms with Gasteiger partial charge in [-0.15, -0.1) is 0 Å². The van der Waals surface area contributed by atoms with Gasteiger partial charge in [-0.3, -0.25) is 9.78 Å². The molecule has 2 saturated carbocycles. The lowest BCUT2D eigenvalue weighted by Crippen LogP contribution is -2.57. The van der Waals surface area contributed by atoms with E-state index in [2.05, 4.69) is 11.9 Å². The molecule has 1 amide bonds. The highest BCUT2D eigenvalue weighted by atomic mass is 16.2. The highest BCUT2D eigenvalue weighted by Gasteiger charge is 2.44. The smallest absolute Gasteiger partial charge is 0.243 e. The van der Waals surface area contributed by atoms with Crippen molar-refractivity contribution >= 4 is 5.91 Å². The molecule has 0 aromatic carbocycles. The maximum absolute atomic E-state index is 13.0. The number of nitrogens with two attached hydrogens (primary N) is 1. The number of hydrogen-bond acceptors (Lipinski definition) is 3. The minimum Gasteiger partial charge on any atom is -0.334 e. The number of rotatable bonds is 4. The van der Waals surface area contributed by atoms with E-state index in [1.807, 2.05) is 17.0 Å². The third kappa shape index (κ3) is 3.26. The number of nitrogens with zero attached hydrogens (tertiary/aromatic N) is 2. The zero-order valence-corrected chi connectivity index (χ0v) is 12.8. The van der Waals surface area contributed by atoms with Crippen LogP contribution in [0.15, 0.2) is 24.5 Å². The maximum atomic E-state index is 13.0. The quantitative estimate of drug-likeness (QED) is 0.925. The molecule has 0 spiro atoms. The van der Waals surface area contributed by atoms with Gasteiger partial charge < -0.3 is 10.6 Å². The molecule has 0 radical (unpaired) electrons. The SMILES string of the molecule is CC1CCCC(N)(C(=O)N(Cc2ccncc2)C2CC2)C1. The summed E-state index contributed by atoms with van der Waals surface area (Å²) in [6.45, 7) is 2.87. The van der Waals surface area contributed by atoms with E-state index < -0.39 is 5.54 Å². The second-order valence-corrected chi connectivity index (χ2v) is 6.88. The van der Waals surface area contributed by atoms with E-state index in [1.165, 1.54) is 6.42 Å². The predicted octanol–water partition coefficient (Wildman–Crippen LogP) is 2.48. The average molecular weight is 287 g/mol. The fourth-order valence-electron chi connectivity index (χ4n) is 3.51. The molecule has 4 nitrogen and oxygen atoms in total. The summed E-state index contributed by atoms with van der Waals surface area (Å²) in [6.07, 6.45) is 9.71. The lowest BCUT2D eigenvalue weighted by molar-refractivity contribution is -0.140. The molecule has 2 aliphatic rings. The van der Waals surface area contributed by atoms with Crippen molar-refractivity contribution in [2.24, 2.45) is 11.7 Å². The molecule has 2 fully saturated rings. The minimum atomic E-state index is -0.646. The maximum Gasteiger partial charge on any atom is 0.243 e. The van der Waals surface area contributed by atoms with Crippen LogP contribution in [0.5, 0.6) is 0 Å². The number of aromatic nitrogens is 1. The lowest BCUT2D eigenvalue weighted by Gasteiger charge is -2.39. The summed E-state index contributed by atoms with van der Waals surface area (Å²) in [4.78, 5) is 19.1. The summed E-state index contributed by atoms with van der Waals surface area (Å²) >= 11 is 0. The Morgan fingerprint density at radius 3 is 2.71 bits per heavy atom. The van der Waals surface area contributed by atoms with E-state index in [0.29, 0.717) is 18.5 Å². The Bertz CT molecular complexity index is 500. The van der Waals surface area contributed by atoms with Crippen molar-refractivity contribution in [1.29, 1.82) is 0 Å². The molecule has 0 saturated heterocycles. The van der Waals surface area contributed by atoms with Gasteiger partial charge in [0, 0.05) is 25.0 Å². The molecule has 4 heteroatoms. The van der Waals surface area contributed by atoms with E-state index in [0.717, 1.165) is 37.7 Å². The Labute approximate surface area is 126 Å². The first kappa shape index (κ1) is 14.5. The van der Waals surface area contributed by atoms with Gasteiger partial charge in [0.15, 0.2) is 0 Å². The monoisotopic (exact) mass is 287 g/mol. The normalized spacial score (nSPS) is 29.1. The van der Waals surface area contributed by atoms with Gasteiger partial charge in [-0.05, 0) is 49.3 Å². The molecule has 3 rings (SSSR count). The van der Waals surface area contributed by atoms with Gasteiger partial charge in [0.25, 0.3) is 0 Å². The second kappa shape index (κ2) is 5.76. The number of carbonyl (C=O) groups is 1. The Morgan fingerprint density at radius 1 is 1.38 bits per heavy atom.